The number of hydrogen-bond acceptors (Lipinski definition) is 8. The molecule has 0 spiro atoms. The van der Waals surface area contributed by atoms with Gasteiger partial charge in [-0.05, 0) is 23.8 Å². The lowest BCUT2D eigenvalue weighted by atomic mass is 10.0. The number of β-lactam (4-membered cyclic amide) rings is 1. The average molecular weight is 652 g/mol. The van der Waals surface area contributed by atoms with Gasteiger partial charge >= 0.3 is 5.97 Å². The Morgan fingerprint density at radius 1 is 1.23 bits per heavy atom. The van der Waals surface area contributed by atoms with Gasteiger partial charge in [-0.2, -0.15) is 0 Å². The van der Waals surface area contributed by atoms with Gasteiger partial charge in [-0.3, -0.25) is 14.5 Å². The number of nitrogens with two attached hydrogens (primary N) is 1. The fourth-order valence-electron chi connectivity index (χ4n) is 3.89. The van der Waals surface area contributed by atoms with E-state index in [1.165, 1.54) is 40.2 Å². The summed E-state index contributed by atoms with van der Waals surface area (Å²) in [4.78, 5) is 40.4. The van der Waals surface area contributed by atoms with Crippen LogP contribution >= 0.6 is 58.5 Å². The number of hydrogen-bond donors (Lipinski definition) is 4. The van der Waals surface area contributed by atoms with Gasteiger partial charge < -0.3 is 33.7 Å². The highest BCUT2D eigenvalue weighted by Crippen LogP contribution is 2.41. The third kappa shape index (κ3) is 7.76. The van der Waals surface area contributed by atoms with Crippen molar-refractivity contribution in [3.05, 3.63) is 64.0 Å². The summed E-state index contributed by atoms with van der Waals surface area (Å²) in [5.41, 5.74) is 6.07. The van der Waals surface area contributed by atoms with Crippen LogP contribution in [0.3, 0.4) is 0 Å². The maximum atomic E-state index is 12.9. The number of carboxylic acid groups (broad SMARTS) is 1. The molecule has 0 aliphatic carbocycles. The van der Waals surface area contributed by atoms with E-state index in [-0.39, 0.29) is 36.3 Å². The van der Waals surface area contributed by atoms with E-state index in [1.54, 1.807) is 18.2 Å². The number of thioether (sulfide) groups is 3. The topological polar surface area (TPSA) is 137 Å². The Labute approximate surface area is 254 Å². The minimum Gasteiger partial charge on any atom is -1.00 e. The molecule has 1 saturated heterocycles. The van der Waals surface area contributed by atoms with Crippen molar-refractivity contribution in [2.45, 2.75) is 33.9 Å². The number of amides is 2. The number of aliphatic hydroxyl groups is 1. The molecule has 2 amide bonds. The van der Waals surface area contributed by atoms with E-state index in [1.807, 2.05) is 29.1 Å². The molecule has 9 nitrogen and oxygen atoms in total. The molecule has 2 aliphatic heterocycles. The average Bonchev–Trinajstić information content (AvgIpc) is 2.90. The van der Waals surface area contributed by atoms with Gasteiger partial charge in [0.25, 0.3) is 5.91 Å². The summed E-state index contributed by atoms with van der Waals surface area (Å²) in [5, 5.41) is 22.8. The molecule has 1 aromatic carbocycles. The molecule has 2 aromatic rings. The van der Waals surface area contributed by atoms with Crippen LogP contribution in [0.5, 0.6) is 0 Å². The monoisotopic (exact) mass is 650 g/mol. The number of nitrogens with zero attached hydrogens (tertiary/aromatic N) is 2. The number of carboxylic acids is 1. The van der Waals surface area contributed by atoms with Crippen molar-refractivity contribution in [2.24, 2.45) is 5.73 Å². The summed E-state index contributed by atoms with van der Waals surface area (Å²) >= 11 is 16.2. The van der Waals surface area contributed by atoms with Gasteiger partial charge in [-0.15, -0.1) is 35.3 Å². The predicted molar refractivity (Wildman–Crippen MR) is 149 cm³/mol. The lowest BCUT2D eigenvalue weighted by Crippen LogP contribution is -3.00. The number of nitrogens with one attached hydrogen (secondary N) is 1. The number of aliphatic hydroxyl groups excluding tert-OH is 1. The molecular weight excluding hydrogens is 627 g/mol. The molecule has 1 fully saturated rings. The standard InChI is InChI=1S/C24H24Cl2N4O5S3.ClH/c25-14-1-2-17(26)18(7-14)37-12-19(32)28-20-22(33)30-21(24(34)35)13(11-38-23(20)30)10-36-16-3-5-29(6-4-16)9-15(31)8-27;/h1-7,15,20,23,31H,8-12,27H2,(H-,28,32,34,35);1H/t15?,20-,23-;/m1./s1. The minimum absolute atomic E-state index is 0. The fraction of sp³-hybridized carbons (Fsp3) is 0.333. The van der Waals surface area contributed by atoms with Crippen LogP contribution < -0.4 is 28.0 Å². The van der Waals surface area contributed by atoms with Crippen LogP contribution in [0, 0.1) is 0 Å². The fourth-order valence-corrected chi connectivity index (χ4v) is 7.56. The zero-order valence-corrected chi connectivity index (χ0v) is 25.0. The smallest absolute Gasteiger partial charge is 0.352 e. The summed E-state index contributed by atoms with van der Waals surface area (Å²) in [6, 6.07) is 7.93. The van der Waals surface area contributed by atoms with E-state index in [0.717, 1.165) is 4.90 Å². The summed E-state index contributed by atoms with van der Waals surface area (Å²) in [6.07, 6.45) is 3.02. The number of aliphatic carboxylic acids is 1. The Morgan fingerprint density at radius 2 is 1.95 bits per heavy atom. The van der Waals surface area contributed by atoms with Crippen molar-refractivity contribution in [2.75, 3.05) is 23.8 Å². The second kappa shape index (κ2) is 14.3. The largest absolute Gasteiger partial charge is 1.00 e. The molecule has 39 heavy (non-hydrogen) atoms. The highest BCUT2D eigenvalue weighted by Gasteiger charge is 2.54. The molecule has 15 heteroatoms. The van der Waals surface area contributed by atoms with Crippen LogP contribution in [0.15, 0.2) is 63.8 Å². The maximum absolute atomic E-state index is 12.9. The zero-order chi connectivity index (χ0) is 27.4. The predicted octanol–water partition coefficient (Wildman–Crippen LogP) is -0.772. The highest BCUT2D eigenvalue weighted by molar-refractivity contribution is 8.01. The second-order valence-electron chi connectivity index (χ2n) is 8.48. The van der Waals surface area contributed by atoms with Gasteiger partial charge in [0.2, 0.25) is 5.91 Å². The third-order valence-corrected chi connectivity index (χ3v) is 9.96. The van der Waals surface area contributed by atoms with Crippen molar-refractivity contribution in [1.82, 2.24) is 10.2 Å². The first-order chi connectivity index (χ1) is 18.2. The number of carbonyl (C=O) groups excluding carboxylic acids is 2. The molecule has 210 valence electrons. The molecule has 5 N–H and O–H groups in total. The van der Waals surface area contributed by atoms with E-state index in [0.29, 0.717) is 38.6 Å². The highest BCUT2D eigenvalue weighted by atomic mass is 35.5. The Morgan fingerprint density at radius 3 is 2.62 bits per heavy atom. The number of halogens is 3. The first-order valence-electron chi connectivity index (χ1n) is 11.4. The molecule has 2 aliphatic rings. The summed E-state index contributed by atoms with van der Waals surface area (Å²) in [6.45, 7) is 0.556. The Bertz CT molecular complexity index is 1270. The van der Waals surface area contributed by atoms with Crippen LogP contribution in [0.25, 0.3) is 0 Å². The zero-order valence-electron chi connectivity index (χ0n) is 20.3. The van der Waals surface area contributed by atoms with E-state index in [4.69, 9.17) is 28.9 Å². The number of pyridine rings is 1. The Hall–Kier alpha value is -1.64. The molecule has 1 unspecified atom stereocenters. The van der Waals surface area contributed by atoms with Crippen LogP contribution in [0.2, 0.25) is 10.0 Å². The molecule has 1 aromatic heterocycles. The molecule has 0 radical (unpaired) electrons. The lowest BCUT2D eigenvalue weighted by molar-refractivity contribution is -0.703. The molecule has 4 rings (SSSR count). The summed E-state index contributed by atoms with van der Waals surface area (Å²) in [7, 11) is 0. The van der Waals surface area contributed by atoms with Crippen LogP contribution in [0.1, 0.15) is 0 Å². The SMILES string of the molecule is NCC(O)C[n+]1ccc(SCC2=C(C(=O)O)N3C(=O)[C@@H](NC(=O)CSc4cc(Cl)ccc4Cl)[C@H]3SC2)cc1.[Cl-]. The van der Waals surface area contributed by atoms with Gasteiger partial charge in [0.05, 0.1) is 10.8 Å². The van der Waals surface area contributed by atoms with Crippen molar-refractivity contribution >= 4 is 76.3 Å². The second-order valence-corrected chi connectivity index (χ2v) is 12.5. The molecule has 3 atom stereocenters. The van der Waals surface area contributed by atoms with E-state index in [9.17, 15) is 24.6 Å². The Balaban J connectivity index is 0.00000420. The van der Waals surface area contributed by atoms with Crippen LogP contribution in [-0.2, 0) is 20.9 Å². The first-order valence-corrected chi connectivity index (χ1v) is 15.2. The van der Waals surface area contributed by atoms with Crippen molar-refractivity contribution in [1.29, 1.82) is 0 Å². The number of aromatic nitrogens is 1. The van der Waals surface area contributed by atoms with Gasteiger partial charge in [0, 0.05) is 45.0 Å². The summed E-state index contributed by atoms with van der Waals surface area (Å²) in [5.74, 6) is -1.11. The number of benzene rings is 1. The number of rotatable bonds is 11. The molecule has 0 saturated carbocycles. The third-order valence-electron chi connectivity index (χ3n) is 5.79. The van der Waals surface area contributed by atoms with Crippen LogP contribution in [-0.4, -0.2) is 74.2 Å². The molecule has 3 heterocycles. The van der Waals surface area contributed by atoms with E-state index in [2.05, 4.69) is 5.32 Å². The normalized spacial score (nSPS) is 19.1. The van der Waals surface area contributed by atoms with Gasteiger partial charge in [-0.1, -0.05) is 23.2 Å². The van der Waals surface area contributed by atoms with Gasteiger partial charge in [-0.25, -0.2) is 9.36 Å². The number of carbonyl (C=O) groups is 3. The molecular formula is C24H25Cl3N4O5S3. The van der Waals surface area contributed by atoms with E-state index < -0.39 is 29.4 Å². The lowest BCUT2D eigenvalue weighted by Gasteiger charge is -2.49. The van der Waals surface area contributed by atoms with Gasteiger partial charge in [0.1, 0.15) is 23.2 Å². The Kier molecular flexibility index (Phi) is 11.7. The van der Waals surface area contributed by atoms with Crippen molar-refractivity contribution < 1.29 is 41.6 Å². The first kappa shape index (κ1) is 31.9. The van der Waals surface area contributed by atoms with Crippen molar-refractivity contribution in [3.63, 3.8) is 0 Å². The quantitative estimate of drug-likeness (QED) is 0.140. The van der Waals surface area contributed by atoms with E-state index >= 15 is 0 Å². The van der Waals surface area contributed by atoms with Gasteiger partial charge in [0.15, 0.2) is 18.9 Å². The minimum atomic E-state index is -1.17. The number of fused-ring (bicyclic) bond motifs is 1. The van der Waals surface area contributed by atoms with Crippen LogP contribution in [0.4, 0.5) is 0 Å². The summed E-state index contributed by atoms with van der Waals surface area (Å²) < 4.78 is 1.82. The van der Waals surface area contributed by atoms with Crippen molar-refractivity contribution in [3.8, 4) is 0 Å². The molecule has 0 bridgehead atoms. The maximum Gasteiger partial charge on any atom is 0.352 e.